The summed E-state index contributed by atoms with van der Waals surface area (Å²) in [5.41, 5.74) is 6.35. The first-order valence-corrected chi connectivity index (χ1v) is 6.35. The molecule has 1 aliphatic rings. The Labute approximate surface area is 101 Å². The highest BCUT2D eigenvalue weighted by Crippen LogP contribution is 2.37. The molecule has 15 heavy (non-hydrogen) atoms. The van der Waals surface area contributed by atoms with Crippen LogP contribution in [0.3, 0.4) is 0 Å². The minimum atomic E-state index is -0.0522. The van der Waals surface area contributed by atoms with Gasteiger partial charge in [0, 0.05) is 9.37 Å². The van der Waals surface area contributed by atoms with E-state index in [-0.39, 0.29) is 11.2 Å². The number of carbonyl (C=O) groups excluding carboxylic acids is 1. The third-order valence-corrected chi connectivity index (χ3v) is 4.03. The molecule has 80 valence electrons. The van der Waals surface area contributed by atoms with Crippen LogP contribution in [0.15, 0.2) is 27.6 Å². The number of amides is 1. The van der Waals surface area contributed by atoms with Crippen molar-refractivity contribution in [2.24, 2.45) is 5.73 Å². The van der Waals surface area contributed by atoms with Crippen molar-refractivity contribution in [1.29, 1.82) is 0 Å². The second kappa shape index (κ2) is 4.55. The van der Waals surface area contributed by atoms with Crippen molar-refractivity contribution in [2.75, 3.05) is 11.9 Å². The maximum atomic E-state index is 11.7. The third kappa shape index (κ3) is 2.35. The van der Waals surface area contributed by atoms with Gasteiger partial charge in [-0.1, -0.05) is 15.9 Å². The van der Waals surface area contributed by atoms with Crippen LogP contribution in [0.1, 0.15) is 6.42 Å². The number of benzene rings is 1. The monoisotopic (exact) mass is 286 g/mol. The highest BCUT2D eigenvalue weighted by Gasteiger charge is 2.25. The minimum absolute atomic E-state index is 0.0519. The van der Waals surface area contributed by atoms with E-state index in [1.807, 2.05) is 18.2 Å². The average Bonchev–Trinajstić information content (AvgIpc) is 2.20. The van der Waals surface area contributed by atoms with Gasteiger partial charge in [-0.15, -0.1) is 11.8 Å². The van der Waals surface area contributed by atoms with Gasteiger partial charge in [0.1, 0.15) is 0 Å². The first kappa shape index (κ1) is 11.0. The fourth-order valence-corrected chi connectivity index (χ4v) is 2.94. The molecular weight excluding hydrogens is 276 g/mol. The van der Waals surface area contributed by atoms with Crippen molar-refractivity contribution in [3.8, 4) is 0 Å². The summed E-state index contributed by atoms with van der Waals surface area (Å²) in [5, 5.41) is 2.84. The molecule has 1 aromatic rings. The lowest BCUT2D eigenvalue weighted by atomic mass is 10.2. The summed E-state index contributed by atoms with van der Waals surface area (Å²) in [6, 6.07) is 5.90. The Hall–Kier alpha value is -0.520. The Morgan fingerprint density at radius 1 is 1.53 bits per heavy atom. The van der Waals surface area contributed by atoms with E-state index in [0.29, 0.717) is 13.0 Å². The van der Waals surface area contributed by atoms with Gasteiger partial charge in [0.05, 0.1) is 10.9 Å². The molecule has 2 rings (SSSR count). The quantitative estimate of drug-likeness (QED) is 0.877. The van der Waals surface area contributed by atoms with Crippen LogP contribution in [0, 0.1) is 0 Å². The Morgan fingerprint density at radius 3 is 3.07 bits per heavy atom. The van der Waals surface area contributed by atoms with Gasteiger partial charge < -0.3 is 11.1 Å². The molecule has 1 aliphatic heterocycles. The van der Waals surface area contributed by atoms with Crippen molar-refractivity contribution < 1.29 is 4.79 Å². The van der Waals surface area contributed by atoms with Crippen LogP contribution in [-0.4, -0.2) is 17.7 Å². The molecule has 0 aliphatic carbocycles. The molecule has 3 nitrogen and oxygen atoms in total. The van der Waals surface area contributed by atoms with Crippen LogP contribution >= 0.6 is 27.7 Å². The topological polar surface area (TPSA) is 55.1 Å². The summed E-state index contributed by atoms with van der Waals surface area (Å²) in [6.45, 7) is 0.539. The number of halogens is 1. The number of hydrogen-bond acceptors (Lipinski definition) is 3. The number of nitrogens with two attached hydrogens (primary N) is 1. The van der Waals surface area contributed by atoms with Gasteiger partial charge in [-0.05, 0) is 31.2 Å². The molecule has 3 N–H and O–H groups in total. The first-order chi connectivity index (χ1) is 7.20. The van der Waals surface area contributed by atoms with Crippen molar-refractivity contribution in [2.45, 2.75) is 16.6 Å². The van der Waals surface area contributed by atoms with Crippen molar-refractivity contribution in [3.05, 3.63) is 22.7 Å². The second-order valence-corrected chi connectivity index (χ2v) is 5.47. The molecule has 0 fully saturated rings. The largest absolute Gasteiger partial charge is 0.330 e. The van der Waals surface area contributed by atoms with Gasteiger partial charge in [-0.25, -0.2) is 0 Å². The van der Waals surface area contributed by atoms with Crippen LogP contribution in [0.5, 0.6) is 0 Å². The maximum absolute atomic E-state index is 11.7. The smallest absolute Gasteiger partial charge is 0.237 e. The van der Waals surface area contributed by atoms with Crippen LogP contribution in [0.2, 0.25) is 0 Å². The van der Waals surface area contributed by atoms with Crippen molar-refractivity contribution in [1.82, 2.24) is 0 Å². The van der Waals surface area contributed by atoms with Crippen LogP contribution in [0.25, 0.3) is 0 Å². The number of carbonyl (C=O) groups is 1. The molecule has 0 saturated carbocycles. The van der Waals surface area contributed by atoms with Crippen LogP contribution in [0.4, 0.5) is 5.69 Å². The molecule has 1 amide bonds. The zero-order valence-electron chi connectivity index (χ0n) is 8.00. The molecule has 5 heteroatoms. The Kier molecular flexibility index (Phi) is 3.33. The molecule has 1 atom stereocenters. The van der Waals surface area contributed by atoms with E-state index in [2.05, 4.69) is 21.2 Å². The normalized spacial score (nSPS) is 19.6. The predicted molar refractivity (Wildman–Crippen MR) is 66.1 cm³/mol. The average molecular weight is 287 g/mol. The number of anilines is 1. The summed E-state index contributed by atoms with van der Waals surface area (Å²) in [5.74, 6) is 0.0519. The number of nitrogens with one attached hydrogen (secondary N) is 1. The molecular formula is C10H11BrN2OS. The summed E-state index contributed by atoms with van der Waals surface area (Å²) in [6.07, 6.45) is 0.714. The van der Waals surface area contributed by atoms with E-state index in [4.69, 9.17) is 5.73 Å². The zero-order chi connectivity index (χ0) is 10.8. The SMILES string of the molecule is NCCC1Sc2ccc(Br)cc2NC1=O. The Morgan fingerprint density at radius 2 is 2.33 bits per heavy atom. The molecule has 1 unspecified atom stereocenters. The molecule has 0 radical (unpaired) electrons. The molecule has 0 saturated heterocycles. The lowest BCUT2D eigenvalue weighted by Crippen LogP contribution is -2.30. The van der Waals surface area contributed by atoms with E-state index in [1.165, 1.54) is 0 Å². The van der Waals surface area contributed by atoms with E-state index < -0.39 is 0 Å². The van der Waals surface area contributed by atoms with Gasteiger partial charge in [-0.2, -0.15) is 0 Å². The molecule has 0 aromatic heterocycles. The van der Waals surface area contributed by atoms with Gasteiger partial charge in [0.25, 0.3) is 0 Å². The highest BCUT2D eigenvalue weighted by atomic mass is 79.9. The Bertz CT molecular complexity index is 397. The lowest BCUT2D eigenvalue weighted by molar-refractivity contribution is -0.115. The second-order valence-electron chi connectivity index (χ2n) is 3.31. The van der Waals surface area contributed by atoms with Gasteiger partial charge in [0.2, 0.25) is 5.91 Å². The number of thioether (sulfide) groups is 1. The summed E-state index contributed by atoms with van der Waals surface area (Å²) in [7, 11) is 0. The molecule has 1 aromatic carbocycles. The van der Waals surface area contributed by atoms with E-state index in [0.717, 1.165) is 15.1 Å². The zero-order valence-corrected chi connectivity index (χ0v) is 10.4. The fraction of sp³-hybridized carbons (Fsp3) is 0.300. The minimum Gasteiger partial charge on any atom is -0.330 e. The van der Waals surface area contributed by atoms with Crippen molar-refractivity contribution in [3.63, 3.8) is 0 Å². The Balaban J connectivity index is 2.26. The summed E-state index contributed by atoms with van der Waals surface area (Å²) < 4.78 is 0.972. The molecule has 0 spiro atoms. The van der Waals surface area contributed by atoms with Gasteiger partial charge >= 0.3 is 0 Å². The van der Waals surface area contributed by atoms with Crippen LogP contribution < -0.4 is 11.1 Å². The van der Waals surface area contributed by atoms with Gasteiger partial charge in [0.15, 0.2) is 0 Å². The molecule has 1 heterocycles. The van der Waals surface area contributed by atoms with Crippen LogP contribution in [-0.2, 0) is 4.79 Å². The lowest BCUT2D eigenvalue weighted by Gasteiger charge is -2.23. The third-order valence-electron chi connectivity index (χ3n) is 2.19. The highest BCUT2D eigenvalue weighted by molar-refractivity contribution is 9.10. The maximum Gasteiger partial charge on any atom is 0.237 e. The molecule has 0 bridgehead atoms. The predicted octanol–water partition coefficient (Wildman–Crippen LogP) is 2.21. The fourth-order valence-electron chi connectivity index (χ4n) is 1.46. The van der Waals surface area contributed by atoms with E-state index in [1.54, 1.807) is 11.8 Å². The number of fused-ring (bicyclic) bond motifs is 1. The van der Waals surface area contributed by atoms with E-state index >= 15 is 0 Å². The number of rotatable bonds is 2. The number of hydrogen-bond donors (Lipinski definition) is 2. The van der Waals surface area contributed by atoms with Gasteiger partial charge in [-0.3, -0.25) is 4.79 Å². The summed E-state index contributed by atoms with van der Waals surface area (Å²) >= 11 is 4.96. The van der Waals surface area contributed by atoms with E-state index in [9.17, 15) is 4.79 Å². The van der Waals surface area contributed by atoms with Crippen molar-refractivity contribution >= 4 is 39.3 Å². The standard InChI is InChI=1S/C10H11BrN2OS/c11-6-1-2-8-7(5-6)13-10(14)9(15-8)3-4-12/h1-2,5,9H,3-4,12H2,(H,13,14). The summed E-state index contributed by atoms with van der Waals surface area (Å²) in [4.78, 5) is 12.8. The first-order valence-electron chi connectivity index (χ1n) is 4.68.